The molecular weight excluding hydrogens is 592 g/mol. The number of halogens is 1. The van der Waals surface area contributed by atoms with Crippen LogP contribution < -0.4 is 19.7 Å². The molecule has 0 bridgehead atoms. The Hall–Kier alpha value is -4.70. The second-order valence-corrected chi connectivity index (χ2v) is 9.76. The van der Waals surface area contributed by atoms with Crippen molar-refractivity contribution in [1.29, 1.82) is 0 Å². The summed E-state index contributed by atoms with van der Waals surface area (Å²) in [6.45, 7) is 6.32. The first-order valence-corrected chi connectivity index (χ1v) is 13.4. The van der Waals surface area contributed by atoms with Crippen molar-refractivity contribution < 1.29 is 33.4 Å². The molecule has 1 aliphatic rings. The third-order valence-electron chi connectivity index (χ3n) is 6.07. The first-order valence-electron chi connectivity index (χ1n) is 12.6. The van der Waals surface area contributed by atoms with Gasteiger partial charge in [-0.2, -0.15) is 0 Å². The molecule has 0 aliphatic carbocycles. The Morgan fingerprint density at radius 2 is 1.73 bits per heavy atom. The van der Waals surface area contributed by atoms with E-state index in [4.69, 9.17) is 9.47 Å². The van der Waals surface area contributed by atoms with Gasteiger partial charge in [0, 0.05) is 10.0 Å². The molecule has 9 nitrogen and oxygen atoms in total. The molecule has 10 heteroatoms. The number of hydrogen-bond acceptors (Lipinski definition) is 7. The minimum atomic E-state index is -0.901. The van der Waals surface area contributed by atoms with Crippen molar-refractivity contribution in [1.82, 2.24) is 5.32 Å². The average Bonchev–Trinajstić information content (AvgIpc) is 2.96. The SMILES string of the molecule is C=CCc1cc(/C=C2\C(=O)NC(=O)N(c3ccc(C(=O)OC)cc3)C2=O)cc(OCC)c1OCc1ccc(Br)cc1. The van der Waals surface area contributed by atoms with Crippen LogP contribution in [0.3, 0.4) is 0 Å². The molecule has 0 saturated carbocycles. The molecule has 41 heavy (non-hydrogen) atoms. The normalized spacial score (nSPS) is 14.1. The van der Waals surface area contributed by atoms with Crippen LogP contribution in [0.4, 0.5) is 10.5 Å². The number of nitrogens with zero attached hydrogens (tertiary/aromatic N) is 1. The number of benzene rings is 3. The molecule has 4 rings (SSSR count). The Bertz CT molecular complexity index is 1530. The van der Waals surface area contributed by atoms with E-state index < -0.39 is 23.8 Å². The van der Waals surface area contributed by atoms with E-state index in [0.717, 1.165) is 20.5 Å². The van der Waals surface area contributed by atoms with Gasteiger partial charge in [-0.05, 0) is 79.1 Å². The zero-order valence-electron chi connectivity index (χ0n) is 22.4. The number of amides is 4. The number of imide groups is 2. The molecule has 1 fully saturated rings. The molecule has 210 valence electrons. The zero-order chi connectivity index (χ0) is 29.5. The van der Waals surface area contributed by atoms with Gasteiger partial charge in [-0.25, -0.2) is 14.5 Å². The van der Waals surface area contributed by atoms with Gasteiger partial charge in [0.2, 0.25) is 0 Å². The van der Waals surface area contributed by atoms with Gasteiger partial charge >= 0.3 is 12.0 Å². The molecule has 0 unspecified atom stereocenters. The molecule has 0 atom stereocenters. The van der Waals surface area contributed by atoms with Crippen LogP contribution in [0.25, 0.3) is 6.08 Å². The lowest BCUT2D eigenvalue weighted by molar-refractivity contribution is -0.122. The van der Waals surface area contributed by atoms with Gasteiger partial charge in [-0.3, -0.25) is 14.9 Å². The molecule has 0 radical (unpaired) electrons. The quantitative estimate of drug-likeness (QED) is 0.136. The van der Waals surface area contributed by atoms with E-state index in [9.17, 15) is 19.2 Å². The fourth-order valence-corrected chi connectivity index (χ4v) is 4.42. The minimum absolute atomic E-state index is 0.178. The number of carbonyl (C=O) groups is 4. The highest BCUT2D eigenvalue weighted by Gasteiger charge is 2.37. The third kappa shape index (κ3) is 6.72. The third-order valence-corrected chi connectivity index (χ3v) is 6.60. The van der Waals surface area contributed by atoms with E-state index in [2.05, 4.69) is 32.6 Å². The number of rotatable bonds is 10. The monoisotopic (exact) mass is 618 g/mol. The Morgan fingerprint density at radius 1 is 1.02 bits per heavy atom. The summed E-state index contributed by atoms with van der Waals surface area (Å²) < 4.78 is 17.7. The van der Waals surface area contributed by atoms with E-state index in [1.807, 2.05) is 31.2 Å². The number of ether oxygens (including phenoxy) is 3. The summed E-state index contributed by atoms with van der Waals surface area (Å²) >= 11 is 3.43. The number of urea groups is 1. The van der Waals surface area contributed by atoms with Gasteiger partial charge in [0.25, 0.3) is 11.8 Å². The lowest BCUT2D eigenvalue weighted by Gasteiger charge is -2.26. The maximum absolute atomic E-state index is 13.4. The summed E-state index contributed by atoms with van der Waals surface area (Å²) in [5.41, 5.74) is 2.36. The summed E-state index contributed by atoms with van der Waals surface area (Å²) in [6, 6.07) is 16.0. The van der Waals surface area contributed by atoms with Crippen LogP contribution in [-0.4, -0.2) is 37.5 Å². The van der Waals surface area contributed by atoms with Crippen LogP contribution in [-0.2, 0) is 27.4 Å². The number of hydrogen-bond donors (Lipinski definition) is 1. The van der Waals surface area contributed by atoms with Crippen molar-refractivity contribution in [3.8, 4) is 11.5 Å². The molecule has 1 saturated heterocycles. The number of nitrogens with one attached hydrogen (secondary N) is 1. The number of allylic oxidation sites excluding steroid dienone is 1. The number of carbonyl (C=O) groups excluding carboxylic acids is 4. The van der Waals surface area contributed by atoms with E-state index >= 15 is 0 Å². The summed E-state index contributed by atoms with van der Waals surface area (Å²) in [6.07, 6.45) is 3.54. The second-order valence-electron chi connectivity index (χ2n) is 8.84. The van der Waals surface area contributed by atoms with Crippen molar-refractivity contribution in [3.63, 3.8) is 0 Å². The van der Waals surface area contributed by atoms with Crippen LogP contribution in [0.5, 0.6) is 11.5 Å². The van der Waals surface area contributed by atoms with Crippen LogP contribution in [0.2, 0.25) is 0 Å². The fraction of sp³-hybridized carbons (Fsp3) is 0.161. The van der Waals surface area contributed by atoms with Gasteiger partial charge in [-0.1, -0.05) is 34.1 Å². The Kier molecular flexibility index (Phi) is 9.36. The molecule has 3 aromatic rings. The minimum Gasteiger partial charge on any atom is -0.490 e. The first-order chi connectivity index (χ1) is 19.7. The highest BCUT2D eigenvalue weighted by atomic mass is 79.9. The van der Waals surface area contributed by atoms with Gasteiger partial charge in [0.1, 0.15) is 12.2 Å². The molecule has 0 spiro atoms. The molecule has 3 aromatic carbocycles. The summed E-state index contributed by atoms with van der Waals surface area (Å²) in [4.78, 5) is 51.4. The highest BCUT2D eigenvalue weighted by Crippen LogP contribution is 2.36. The van der Waals surface area contributed by atoms with Crippen molar-refractivity contribution in [2.75, 3.05) is 18.6 Å². The number of esters is 1. The van der Waals surface area contributed by atoms with E-state index in [0.29, 0.717) is 36.7 Å². The molecular formula is C31H27BrN2O7. The van der Waals surface area contributed by atoms with Crippen molar-refractivity contribution in [2.24, 2.45) is 0 Å². The maximum Gasteiger partial charge on any atom is 0.337 e. The fourth-order valence-electron chi connectivity index (χ4n) is 4.16. The predicted octanol–water partition coefficient (Wildman–Crippen LogP) is 5.61. The molecule has 1 N–H and O–H groups in total. The molecule has 0 aromatic heterocycles. The first kappa shape index (κ1) is 29.3. The van der Waals surface area contributed by atoms with E-state index in [1.54, 1.807) is 18.2 Å². The highest BCUT2D eigenvalue weighted by molar-refractivity contribution is 9.10. The molecule has 4 amide bonds. The van der Waals surface area contributed by atoms with Gasteiger partial charge in [-0.15, -0.1) is 6.58 Å². The van der Waals surface area contributed by atoms with E-state index in [-0.39, 0.29) is 16.8 Å². The number of anilines is 1. The second kappa shape index (κ2) is 13.1. The van der Waals surface area contributed by atoms with Gasteiger partial charge < -0.3 is 14.2 Å². The Morgan fingerprint density at radius 3 is 2.37 bits per heavy atom. The Balaban J connectivity index is 1.69. The van der Waals surface area contributed by atoms with Crippen LogP contribution >= 0.6 is 15.9 Å². The van der Waals surface area contributed by atoms with Crippen molar-refractivity contribution >= 4 is 51.5 Å². The smallest absolute Gasteiger partial charge is 0.337 e. The predicted molar refractivity (Wildman–Crippen MR) is 157 cm³/mol. The number of methoxy groups -OCH3 is 1. The van der Waals surface area contributed by atoms with Gasteiger partial charge in [0.05, 0.1) is 25.0 Å². The maximum atomic E-state index is 13.4. The summed E-state index contributed by atoms with van der Waals surface area (Å²) in [5.74, 6) is -1.25. The molecule has 1 heterocycles. The largest absolute Gasteiger partial charge is 0.490 e. The lowest BCUT2D eigenvalue weighted by atomic mass is 10.0. The Labute approximate surface area is 245 Å². The summed E-state index contributed by atoms with van der Waals surface area (Å²) in [5, 5.41) is 2.20. The number of barbiturate groups is 1. The van der Waals surface area contributed by atoms with Crippen LogP contribution in [0, 0.1) is 0 Å². The van der Waals surface area contributed by atoms with E-state index in [1.165, 1.54) is 37.5 Å². The zero-order valence-corrected chi connectivity index (χ0v) is 24.0. The van der Waals surface area contributed by atoms with Crippen LogP contribution in [0.1, 0.15) is 34.0 Å². The van der Waals surface area contributed by atoms with Crippen molar-refractivity contribution in [2.45, 2.75) is 20.0 Å². The summed E-state index contributed by atoms with van der Waals surface area (Å²) in [7, 11) is 1.25. The topological polar surface area (TPSA) is 111 Å². The molecule has 1 aliphatic heterocycles. The van der Waals surface area contributed by atoms with Crippen LogP contribution in [0.15, 0.2) is 83.4 Å². The average molecular weight is 619 g/mol. The lowest BCUT2D eigenvalue weighted by Crippen LogP contribution is -2.54. The van der Waals surface area contributed by atoms with Gasteiger partial charge in [0.15, 0.2) is 11.5 Å². The van der Waals surface area contributed by atoms with Crippen molar-refractivity contribution in [3.05, 3.63) is 106 Å². The standard InChI is InChI=1S/C31H27BrN2O7/c1-4-6-22-15-20(17-26(40-5-2)27(22)41-18-19-7-11-23(32)12-8-19)16-25-28(35)33-31(38)34(29(25)36)24-13-9-21(10-14-24)30(37)39-3/h4,7-17H,1,5-6,18H2,2-3H3,(H,33,35,38)/b25-16+.